The lowest BCUT2D eigenvalue weighted by Crippen LogP contribution is -2.28. The number of ether oxygens (including phenoxy) is 1. The largest absolute Gasteiger partial charge is 0.377 e. The van der Waals surface area contributed by atoms with Crippen molar-refractivity contribution in [2.75, 3.05) is 39.4 Å². The summed E-state index contributed by atoms with van der Waals surface area (Å²) in [7, 11) is 0. The van der Waals surface area contributed by atoms with Crippen molar-refractivity contribution in [3.8, 4) is 0 Å². The number of aromatic nitrogens is 3. The molecule has 7 heteroatoms. The zero-order valence-electron chi connectivity index (χ0n) is 19.5. The van der Waals surface area contributed by atoms with E-state index in [0.717, 1.165) is 99.8 Å². The standard InChI is InChI=1S/C25H35N5O2/c1-18-21(9-10-25(31)28-11-3-4-12-28)19(2)30-24(26-18)15-22(27-30)23-8-5-13-29(23)16-20-7-6-14-32-17-20/h7,15,23H,3-6,8-14,16-17H2,1-2H3. The van der Waals surface area contributed by atoms with Gasteiger partial charge in [-0.25, -0.2) is 9.50 Å². The molecule has 1 unspecified atom stereocenters. The van der Waals surface area contributed by atoms with Gasteiger partial charge in [0.2, 0.25) is 5.91 Å². The summed E-state index contributed by atoms with van der Waals surface area (Å²) in [6.07, 6.45) is 9.24. The van der Waals surface area contributed by atoms with Crippen molar-refractivity contribution >= 4 is 11.6 Å². The minimum atomic E-state index is 0.269. The third-order valence-corrected chi connectivity index (χ3v) is 7.32. The Kier molecular flexibility index (Phi) is 6.28. The number of carbonyl (C=O) groups excluding carboxylic acids is 1. The molecule has 2 aromatic heterocycles. The Hall–Kier alpha value is -2.25. The maximum absolute atomic E-state index is 12.5. The van der Waals surface area contributed by atoms with E-state index < -0.39 is 0 Å². The zero-order chi connectivity index (χ0) is 22.1. The molecule has 2 saturated heterocycles. The monoisotopic (exact) mass is 437 g/mol. The molecule has 2 fully saturated rings. The summed E-state index contributed by atoms with van der Waals surface area (Å²) >= 11 is 0. The smallest absolute Gasteiger partial charge is 0.222 e. The van der Waals surface area contributed by atoms with Gasteiger partial charge in [0.15, 0.2) is 5.65 Å². The average molecular weight is 438 g/mol. The number of hydrogen-bond donors (Lipinski definition) is 0. The third-order valence-electron chi connectivity index (χ3n) is 7.32. The molecule has 0 saturated carbocycles. The van der Waals surface area contributed by atoms with E-state index in [2.05, 4.69) is 30.9 Å². The summed E-state index contributed by atoms with van der Waals surface area (Å²) in [4.78, 5) is 22.0. The molecule has 0 N–H and O–H groups in total. The number of rotatable bonds is 6. The molecule has 0 spiro atoms. The van der Waals surface area contributed by atoms with E-state index >= 15 is 0 Å². The van der Waals surface area contributed by atoms with Crippen molar-refractivity contribution in [1.29, 1.82) is 0 Å². The van der Waals surface area contributed by atoms with Gasteiger partial charge in [-0.3, -0.25) is 9.69 Å². The van der Waals surface area contributed by atoms with E-state index in [1.807, 2.05) is 9.42 Å². The highest BCUT2D eigenvalue weighted by atomic mass is 16.5. The molecular weight excluding hydrogens is 402 g/mol. The third kappa shape index (κ3) is 4.33. The quantitative estimate of drug-likeness (QED) is 0.649. The van der Waals surface area contributed by atoms with E-state index in [1.54, 1.807) is 0 Å². The van der Waals surface area contributed by atoms with Gasteiger partial charge < -0.3 is 9.64 Å². The molecule has 5 rings (SSSR count). The van der Waals surface area contributed by atoms with Gasteiger partial charge in [-0.15, -0.1) is 0 Å². The Morgan fingerprint density at radius 3 is 2.81 bits per heavy atom. The highest BCUT2D eigenvalue weighted by Crippen LogP contribution is 2.33. The molecule has 7 nitrogen and oxygen atoms in total. The lowest BCUT2D eigenvalue weighted by Gasteiger charge is -2.25. The molecule has 32 heavy (non-hydrogen) atoms. The van der Waals surface area contributed by atoms with Crippen LogP contribution >= 0.6 is 0 Å². The molecule has 5 heterocycles. The van der Waals surface area contributed by atoms with Gasteiger partial charge in [0.1, 0.15) is 0 Å². The fraction of sp³-hybridized carbons (Fsp3) is 0.640. The van der Waals surface area contributed by atoms with Crippen molar-refractivity contribution in [2.45, 2.75) is 64.8 Å². The predicted molar refractivity (Wildman–Crippen MR) is 124 cm³/mol. The number of amides is 1. The van der Waals surface area contributed by atoms with Gasteiger partial charge in [0, 0.05) is 43.5 Å². The maximum Gasteiger partial charge on any atom is 0.222 e. The van der Waals surface area contributed by atoms with E-state index in [1.165, 1.54) is 12.0 Å². The van der Waals surface area contributed by atoms with Crippen LogP contribution in [0.15, 0.2) is 17.7 Å². The fourth-order valence-corrected chi connectivity index (χ4v) is 5.56. The first-order valence-corrected chi connectivity index (χ1v) is 12.2. The summed E-state index contributed by atoms with van der Waals surface area (Å²) in [5.74, 6) is 0.269. The number of fused-ring (bicyclic) bond motifs is 1. The summed E-state index contributed by atoms with van der Waals surface area (Å²) in [5.41, 5.74) is 6.70. The van der Waals surface area contributed by atoms with E-state index in [9.17, 15) is 4.79 Å². The average Bonchev–Trinajstić information content (AvgIpc) is 3.55. The highest BCUT2D eigenvalue weighted by molar-refractivity contribution is 5.76. The molecule has 1 atom stereocenters. The Morgan fingerprint density at radius 1 is 1.19 bits per heavy atom. The van der Waals surface area contributed by atoms with Crippen molar-refractivity contribution in [2.24, 2.45) is 0 Å². The van der Waals surface area contributed by atoms with Gasteiger partial charge in [0.25, 0.3) is 0 Å². The van der Waals surface area contributed by atoms with Crippen molar-refractivity contribution in [1.82, 2.24) is 24.4 Å². The second-order valence-corrected chi connectivity index (χ2v) is 9.52. The van der Waals surface area contributed by atoms with Crippen LogP contribution in [0.1, 0.15) is 67.2 Å². The van der Waals surface area contributed by atoms with Crippen LogP contribution in [0.25, 0.3) is 5.65 Å². The Balaban J connectivity index is 1.34. The van der Waals surface area contributed by atoms with Crippen LogP contribution in [0.4, 0.5) is 0 Å². The van der Waals surface area contributed by atoms with Crippen LogP contribution < -0.4 is 0 Å². The first-order chi connectivity index (χ1) is 15.6. The van der Waals surface area contributed by atoms with Gasteiger partial charge >= 0.3 is 0 Å². The molecule has 1 amide bonds. The number of nitrogens with zero attached hydrogens (tertiary/aromatic N) is 5. The molecule has 0 aromatic carbocycles. The topological polar surface area (TPSA) is 63.0 Å². The Bertz CT molecular complexity index is 1020. The summed E-state index contributed by atoms with van der Waals surface area (Å²) in [6, 6.07) is 2.49. The second kappa shape index (κ2) is 9.32. The number of aryl methyl sites for hydroxylation is 2. The normalized spacial score (nSPS) is 22.1. The van der Waals surface area contributed by atoms with E-state index in [-0.39, 0.29) is 5.91 Å². The van der Waals surface area contributed by atoms with Crippen LogP contribution in [-0.2, 0) is 16.0 Å². The fourth-order valence-electron chi connectivity index (χ4n) is 5.56. The Morgan fingerprint density at radius 2 is 2.03 bits per heavy atom. The van der Waals surface area contributed by atoms with E-state index in [0.29, 0.717) is 12.5 Å². The molecule has 3 aliphatic heterocycles. The first-order valence-electron chi connectivity index (χ1n) is 12.2. The summed E-state index contributed by atoms with van der Waals surface area (Å²) < 4.78 is 7.64. The minimum Gasteiger partial charge on any atom is -0.377 e. The molecule has 2 aromatic rings. The summed E-state index contributed by atoms with van der Waals surface area (Å²) in [5, 5.41) is 5.01. The molecule has 0 bridgehead atoms. The molecular formula is C25H35N5O2. The Labute approximate surface area is 190 Å². The van der Waals surface area contributed by atoms with Crippen molar-refractivity contribution in [3.05, 3.63) is 40.4 Å². The van der Waals surface area contributed by atoms with Crippen LogP contribution in [0.2, 0.25) is 0 Å². The lowest BCUT2D eigenvalue weighted by molar-refractivity contribution is -0.130. The number of carbonyl (C=O) groups is 1. The minimum absolute atomic E-state index is 0.269. The SMILES string of the molecule is Cc1nc2cc(C3CCCN3CC3=CCCOC3)nn2c(C)c1CCC(=O)N1CCCC1. The molecule has 0 aliphatic carbocycles. The van der Waals surface area contributed by atoms with Crippen molar-refractivity contribution in [3.63, 3.8) is 0 Å². The van der Waals surface area contributed by atoms with Crippen LogP contribution in [0, 0.1) is 13.8 Å². The number of hydrogen-bond acceptors (Lipinski definition) is 5. The molecule has 0 radical (unpaired) electrons. The molecule has 3 aliphatic rings. The van der Waals surface area contributed by atoms with Crippen molar-refractivity contribution < 1.29 is 9.53 Å². The zero-order valence-corrected chi connectivity index (χ0v) is 19.5. The lowest BCUT2D eigenvalue weighted by atomic mass is 10.1. The molecule has 172 valence electrons. The first kappa shape index (κ1) is 21.6. The highest BCUT2D eigenvalue weighted by Gasteiger charge is 2.29. The van der Waals surface area contributed by atoms with Crippen LogP contribution in [-0.4, -0.2) is 69.7 Å². The summed E-state index contributed by atoms with van der Waals surface area (Å²) in [6.45, 7) is 9.68. The van der Waals surface area contributed by atoms with Gasteiger partial charge in [-0.05, 0) is 70.1 Å². The second-order valence-electron chi connectivity index (χ2n) is 9.52. The van der Waals surface area contributed by atoms with E-state index in [4.69, 9.17) is 14.8 Å². The number of likely N-dealkylation sites (tertiary alicyclic amines) is 2. The maximum atomic E-state index is 12.5. The van der Waals surface area contributed by atoms with Gasteiger partial charge in [-0.1, -0.05) is 6.08 Å². The van der Waals surface area contributed by atoms with Crippen LogP contribution in [0.3, 0.4) is 0 Å². The predicted octanol–water partition coefficient (Wildman–Crippen LogP) is 3.38. The van der Waals surface area contributed by atoms with Gasteiger partial charge in [0.05, 0.1) is 24.9 Å². The van der Waals surface area contributed by atoms with Crippen LogP contribution in [0.5, 0.6) is 0 Å². The van der Waals surface area contributed by atoms with Gasteiger partial charge in [-0.2, -0.15) is 5.10 Å².